The molecule has 0 aliphatic rings. The average molecular weight is 297 g/mol. The monoisotopic (exact) mass is 297 g/mol. The molecule has 4 N–H and O–H groups in total. The molecule has 21 heavy (non-hydrogen) atoms. The summed E-state index contributed by atoms with van der Waals surface area (Å²) in [6.45, 7) is 6.52. The van der Waals surface area contributed by atoms with E-state index in [2.05, 4.69) is 29.5 Å². The molecular formula is C13H23N5O3. The summed E-state index contributed by atoms with van der Waals surface area (Å²) in [6, 6.07) is -1.41. The number of aliphatic carboxylic acids is 1. The van der Waals surface area contributed by atoms with E-state index in [1.807, 2.05) is 6.92 Å². The minimum Gasteiger partial charge on any atom is -0.480 e. The van der Waals surface area contributed by atoms with Crippen LogP contribution in [0.25, 0.3) is 0 Å². The van der Waals surface area contributed by atoms with Crippen LogP contribution in [0.2, 0.25) is 0 Å². The minimum atomic E-state index is -0.970. The van der Waals surface area contributed by atoms with Crippen molar-refractivity contribution in [2.45, 2.75) is 45.6 Å². The van der Waals surface area contributed by atoms with Crippen molar-refractivity contribution in [3.05, 3.63) is 11.9 Å². The Morgan fingerprint density at radius 1 is 1.43 bits per heavy atom. The normalized spacial score (nSPS) is 13.9. The first kappa shape index (κ1) is 16.9. The number of carboxylic acids is 1. The van der Waals surface area contributed by atoms with Gasteiger partial charge >= 0.3 is 12.0 Å². The molecular weight excluding hydrogens is 274 g/mol. The lowest BCUT2D eigenvalue weighted by molar-refractivity contribution is -0.141. The molecule has 8 heteroatoms. The lowest BCUT2D eigenvalue weighted by atomic mass is 9.95. The van der Waals surface area contributed by atoms with Gasteiger partial charge in [0, 0.05) is 18.7 Å². The largest absolute Gasteiger partial charge is 0.480 e. The smallest absolute Gasteiger partial charge is 0.328 e. The maximum Gasteiger partial charge on any atom is 0.328 e. The van der Waals surface area contributed by atoms with Gasteiger partial charge < -0.3 is 16.2 Å². The first-order valence-corrected chi connectivity index (χ1v) is 7.00. The van der Waals surface area contributed by atoms with Crippen molar-refractivity contribution in [1.29, 1.82) is 0 Å². The van der Waals surface area contributed by atoms with Gasteiger partial charge in [-0.3, -0.25) is 0 Å². The summed E-state index contributed by atoms with van der Waals surface area (Å²) >= 11 is 0. The second kappa shape index (κ2) is 7.61. The van der Waals surface area contributed by atoms with E-state index < -0.39 is 18.0 Å². The van der Waals surface area contributed by atoms with Gasteiger partial charge in [-0.25, -0.2) is 14.3 Å². The van der Waals surface area contributed by atoms with Crippen LogP contribution >= 0.6 is 0 Å². The molecule has 0 fully saturated rings. The van der Waals surface area contributed by atoms with Gasteiger partial charge in [0.05, 0.1) is 5.69 Å². The number of nitrogens with one attached hydrogen (secondary N) is 1. The number of carbonyl (C=O) groups is 2. The Morgan fingerprint density at radius 2 is 2.10 bits per heavy atom. The first-order chi connectivity index (χ1) is 9.82. The zero-order valence-electron chi connectivity index (χ0n) is 12.6. The number of hydrogen-bond donors (Lipinski definition) is 3. The predicted octanol–water partition coefficient (Wildman–Crippen LogP) is 1.11. The molecule has 2 amide bonds. The Bertz CT molecular complexity index is 486. The van der Waals surface area contributed by atoms with Crippen LogP contribution in [0.4, 0.5) is 4.79 Å². The number of amides is 2. The van der Waals surface area contributed by atoms with Crippen LogP contribution in [-0.4, -0.2) is 38.6 Å². The molecule has 1 heterocycles. The molecule has 1 aromatic heterocycles. The molecule has 8 nitrogen and oxygen atoms in total. The van der Waals surface area contributed by atoms with E-state index >= 15 is 0 Å². The molecule has 0 spiro atoms. The Morgan fingerprint density at radius 3 is 2.62 bits per heavy atom. The van der Waals surface area contributed by atoms with Crippen LogP contribution in [0.1, 0.15) is 51.3 Å². The number of nitrogens with two attached hydrogens (primary N) is 1. The van der Waals surface area contributed by atoms with Crippen LogP contribution < -0.4 is 11.1 Å². The highest BCUT2D eigenvalue weighted by Gasteiger charge is 2.22. The number of aromatic nitrogens is 3. The molecule has 0 radical (unpaired) electrons. The van der Waals surface area contributed by atoms with Gasteiger partial charge in [-0.1, -0.05) is 26.0 Å². The van der Waals surface area contributed by atoms with Crippen molar-refractivity contribution in [2.75, 3.05) is 6.54 Å². The van der Waals surface area contributed by atoms with Crippen LogP contribution in [-0.2, 0) is 4.79 Å². The highest BCUT2D eigenvalue weighted by Crippen LogP contribution is 2.22. The molecule has 2 atom stereocenters. The molecule has 1 rings (SSSR count). The third-order valence-corrected chi connectivity index (χ3v) is 3.55. The second-order valence-corrected chi connectivity index (χ2v) is 5.44. The van der Waals surface area contributed by atoms with Crippen LogP contribution in [0.3, 0.4) is 0 Å². The summed E-state index contributed by atoms with van der Waals surface area (Å²) in [4.78, 5) is 21.9. The highest BCUT2D eigenvalue weighted by molar-refractivity contribution is 5.72. The molecule has 0 saturated heterocycles. The minimum absolute atomic E-state index is 0.213. The number of carboxylic acid groups (broad SMARTS) is 1. The molecule has 118 valence electrons. The summed E-state index contributed by atoms with van der Waals surface area (Å²) in [5.74, 6) is -0.356. The Labute approximate surface area is 123 Å². The van der Waals surface area contributed by atoms with Crippen molar-refractivity contribution >= 4 is 12.0 Å². The van der Waals surface area contributed by atoms with E-state index in [0.29, 0.717) is 25.3 Å². The van der Waals surface area contributed by atoms with E-state index in [0.717, 1.165) is 5.69 Å². The Kier molecular flexibility index (Phi) is 6.13. The predicted molar refractivity (Wildman–Crippen MR) is 76.8 cm³/mol. The van der Waals surface area contributed by atoms with Crippen molar-refractivity contribution in [2.24, 2.45) is 11.7 Å². The third-order valence-electron chi connectivity index (χ3n) is 3.55. The van der Waals surface area contributed by atoms with Gasteiger partial charge in [0.25, 0.3) is 0 Å². The summed E-state index contributed by atoms with van der Waals surface area (Å²) < 4.78 is 1.38. The maximum atomic E-state index is 11.3. The number of primary amides is 1. The van der Waals surface area contributed by atoms with Gasteiger partial charge in [0.1, 0.15) is 0 Å². The van der Waals surface area contributed by atoms with Crippen LogP contribution in [0, 0.1) is 5.92 Å². The molecule has 0 unspecified atom stereocenters. The lowest BCUT2D eigenvalue weighted by Gasteiger charge is -2.13. The zero-order chi connectivity index (χ0) is 16.0. The molecule has 0 aliphatic heterocycles. The van der Waals surface area contributed by atoms with Crippen molar-refractivity contribution in [3.63, 3.8) is 0 Å². The van der Waals surface area contributed by atoms with Gasteiger partial charge in [-0.05, 0) is 18.8 Å². The fourth-order valence-corrected chi connectivity index (χ4v) is 1.87. The average Bonchev–Trinajstić information content (AvgIpc) is 2.85. The standard InChI is InChI=1S/C13H23N5O3/c1-8(2)9(3)10-7-18(17-16-10)11(12(19)20)5-4-6-15-13(14)21/h7-9,11H,4-6H2,1-3H3,(H,19,20)(H3,14,15,21)/t9-,11-/m0/s1. The molecule has 1 aromatic rings. The molecule has 0 bridgehead atoms. The second-order valence-electron chi connectivity index (χ2n) is 5.44. The van der Waals surface area contributed by atoms with E-state index in [4.69, 9.17) is 5.73 Å². The Hall–Kier alpha value is -2.12. The summed E-state index contributed by atoms with van der Waals surface area (Å²) in [5, 5.41) is 19.7. The molecule has 0 aliphatic carbocycles. The number of hydrogen-bond acceptors (Lipinski definition) is 4. The SMILES string of the molecule is CC(C)[C@H](C)c1cn([C@@H](CCCNC(N)=O)C(=O)O)nn1. The lowest BCUT2D eigenvalue weighted by Crippen LogP contribution is -2.30. The van der Waals surface area contributed by atoms with E-state index in [1.165, 1.54) is 4.68 Å². The molecule has 0 saturated carbocycles. The Balaban J connectivity index is 2.68. The van der Waals surface area contributed by atoms with Crippen LogP contribution in [0.5, 0.6) is 0 Å². The number of rotatable bonds is 8. The van der Waals surface area contributed by atoms with E-state index in [1.54, 1.807) is 6.20 Å². The van der Waals surface area contributed by atoms with E-state index in [9.17, 15) is 14.7 Å². The van der Waals surface area contributed by atoms with Gasteiger partial charge in [-0.15, -0.1) is 5.10 Å². The van der Waals surface area contributed by atoms with Crippen LogP contribution in [0.15, 0.2) is 6.20 Å². The fraction of sp³-hybridized carbons (Fsp3) is 0.692. The zero-order valence-corrected chi connectivity index (χ0v) is 12.6. The van der Waals surface area contributed by atoms with Gasteiger partial charge in [0.2, 0.25) is 0 Å². The summed E-state index contributed by atoms with van der Waals surface area (Å²) in [7, 11) is 0. The van der Waals surface area contributed by atoms with Crippen molar-refractivity contribution in [3.8, 4) is 0 Å². The van der Waals surface area contributed by atoms with E-state index in [-0.39, 0.29) is 5.92 Å². The maximum absolute atomic E-state index is 11.3. The summed E-state index contributed by atoms with van der Waals surface area (Å²) in [6.07, 6.45) is 2.52. The van der Waals surface area contributed by atoms with Gasteiger partial charge in [-0.2, -0.15) is 0 Å². The fourth-order valence-electron chi connectivity index (χ4n) is 1.87. The first-order valence-electron chi connectivity index (χ1n) is 7.00. The topological polar surface area (TPSA) is 123 Å². The number of carbonyl (C=O) groups excluding carboxylic acids is 1. The number of urea groups is 1. The highest BCUT2D eigenvalue weighted by atomic mass is 16.4. The third kappa shape index (κ3) is 5.05. The summed E-state index contributed by atoms with van der Waals surface area (Å²) in [5.41, 5.74) is 5.74. The molecule has 0 aromatic carbocycles. The van der Waals surface area contributed by atoms with Crippen molar-refractivity contribution in [1.82, 2.24) is 20.3 Å². The number of nitrogens with zero attached hydrogens (tertiary/aromatic N) is 3. The van der Waals surface area contributed by atoms with Crippen molar-refractivity contribution < 1.29 is 14.7 Å². The van der Waals surface area contributed by atoms with Gasteiger partial charge in [0.15, 0.2) is 6.04 Å². The quantitative estimate of drug-likeness (QED) is 0.620.